The van der Waals surface area contributed by atoms with Crippen molar-refractivity contribution < 1.29 is 4.92 Å². The van der Waals surface area contributed by atoms with Crippen LogP contribution in [0.3, 0.4) is 0 Å². The van der Waals surface area contributed by atoms with Crippen LogP contribution in [0.5, 0.6) is 0 Å². The third-order valence-corrected chi connectivity index (χ3v) is 4.45. The second-order valence-electron chi connectivity index (χ2n) is 6.26. The molecule has 28 heavy (non-hydrogen) atoms. The first-order valence-electron chi connectivity index (χ1n) is 9.10. The van der Waals surface area contributed by atoms with Gasteiger partial charge < -0.3 is 15.1 Å². The molecule has 150 valence electrons. The minimum atomic E-state index is -0.391. The molecule has 0 unspecified atom stereocenters. The van der Waals surface area contributed by atoms with Gasteiger partial charge in [-0.05, 0) is 24.6 Å². The van der Waals surface area contributed by atoms with E-state index in [1.54, 1.807) is 12.1 Å². The van der Waals surface area contributed by atoms with Gasteiger partial charge >= 0.3 is 0 Å². The Morgan fingerprint density at radius 2 is 1.89 bits per heavy atom. The summed E-state index contributed by atoms with van der Waals surface area (Å²) in [6.07, 6.45) is 1.82. The molecule has 1 aliphatic heterocycles. The number of halogens is 1. The van der Waals surface area contributed by atoms with Gasteiger partial charge in [-0.1, -0.05) is 18.2 Å². The Morgan fingerprint density at radius 3 is 2.46 bits per heavy atom. The van der Waals surface area contributed by atoms with Crippen LogP contribution >= 0.6 is 24.0 Å². The van der Waals surface area contributed by atoms with Crippen LogP contribution in [-0.2, 0) is 6.54 Å². The minimum absolute atomic E-state index is 0. The molecule has 0 aliphatic carbocycles. The Bertz CT molecular complexity index is 777. The molecule has 2 aromatic rings. The molecule has 1 N–H and O–H groups in total. The van der Waals surface area contributed by atoms with Gasteiger partial charge in [0.2, 0.25) is 0 Å². The number of nitro groups is 1. The second kappa shape index (κ2) is 10.8. The standard InChI is InChI=1S/C19H24N6O2.HI/c1-2-20-19(22-15-16-6-8-17(9-7-16)25(26)27)24-13-11-23(12-14-24)18-5-3-4-10-21-18;/h3-10H,2,11-15H2,1H3,(H,20,22);1H. The lowest BCUT2D eigenvalue weighted by Gasteiger charge is -2.37. The summed E-state index contributed by atoms with van der Waals surface area (Å²) < 4.78 is 0. The lowest BCUT2D eigenvalue weighted by atomic mass is 10.2. The topological polar surface area (TPSA) is 86.9 Å². The largest absolute Gasteiger partial charge is 0.357 e. The van der Waals surface area contributed by atoms with E-state index in [1.807, 2.05) is 31.3 Å². The first kappa shape index (κ1) is 21.9. The molecule has 1 aromatic heterocycles. The van der Waals surface area contributed by atoms with Crippen LogP contribution in [0.25, 0.3) is 0 Å². The van der Waals surface area contributed by atoms with Crippen LogP contribution < -0.4 is 10.2 Å². The van der Waals surface area contributed by atoms with Crippen molar-refractivity contribution in [1.29, 1.82) is 0 Å². The van der Waals surface area contributed by atoms with Gasteiger partial charge in [-0.15, -0.1) is 24.0 Å². The number of hydrogen-bond donors (Lipinski definition) is 1. The molecule has 3 rings (SSSR count). The van der Waals surface area contributed by atoms with Crippen molar-refractivity contribution in [1.82, 2.24) is 15.2 Å². The van der Waals surface area contributed by atoms with E-state index in [1.165, 1.54) is 12.1 Å². The molecule has 0 amide bonds. The zero-order chi connectivity index (χ0) is 19.1. The summed E-state index contributed by atoms with van der Waals surface area (Å²) in [6.45, 7) is 6.83. The number of nitrogens with zero attached hydrogens (tertiary/aromatic N) is 5. The number of aliphatic imine (C=N–C) groups is 1. The van der Waals surface area contributed by atoms with E-state index >= 15 is 0 Å². The van der Waals surface area contributed by atoms with E-state index in [2.05, 4.69) is 20.1 Å². The van der Waals surface area contributed by atoms with Crippen LogP contribution in [-0.4, -0.2) is 53.5 Å². The van der Waals surface area contributed by atoms with Gasteiger partial charge in [0.05, 0.1) is 11.5 Å². The van der Waals surface area contributed by atoms with Gasteiger partial charge in [0, 0.05) is 51.1 Å². The van der Waals surface area contributed by atoms with Gasteiger partial charge in [0.25, 0.3) is 5.69 Å². The molecule has 9 heteroatoms. The molecule has 0 bridgehead atoms. The number of rotatable bonds is 5. The predicted molar refractivity (Wildman–Crippen MR) is 121 cm³/mol. The summed E-state index contributed by atoms with van der Waals surface area (Å²) >= 11 is 0. The van der Waals surface area contributed by atoms with Gasteiger partial charge in [0.15, 0.2) is 5.96 Å². The zero-order valence-corrected chi connectivity index (χ0v) is 18.2. The van der Waals surface area contributed by atoms with Crippen LogP contribution in [0.1, 0.15) is 12.5 Å². The van der Waals surface area contributed by atoms with Gasteiger partial charge in [-0.2, -0.15) is 0 Å². The fraction of sp³-hybridized carbons (Fsp3) is 0.368. The average molecular weight is 496 g/mol. The molecule has 0 atom stereocenters. The summed E-state index contributed by atoms with van der Waals surface area (Å²) in [7, 11) is 0. The van der Waals surface area contributed by atoms with E-state index in [4.69, 9.17) is 4.99 Å². The van der Waals surface area contributed by atoms with E-state index in [0.717, 1.165) is 50.1 Å². The van der Waals surface area contributed by atoms with Crippen LogP contribution in [0.15, 0.2) is 53.7 Å². The molecule has 0 spiro atoms. The highest BCUT2D eigenvalue weighted by Gasteiger charge is 2.20. The molecule has 0 saturated carbocycles. The fourth-order valence-corrected chi connectivity index (χ4v) is 3.00. The Kier molecular flexibility index (Phi) is 8.42. The number of aromatic nitrogens is 1. The predicted octanol–water partition coefficient (Wildman–Crippen LogP) is 2.90. The Morgan fingerprint density at radius 1 is 1.18 bits per heavy atom. The van der Waals surface area contributed by atoms with Crippen LogP contribution in [0, 0.1) is 10.1 Å². The molecular formula is C19H25IN6O2. The molecule has 0 radical (unpaired) electrons. The SMILES string of the molecule is CCNC(=NCc1ccc([N+](=O)[O-])cc1)N1CCN(c2ccccn2)CC1.I. The molecule has 1 aliphatic rings. The van der Waals surface area contributed by atoms with Gasteiger partial charge in [-0.25, -0.2) is 9.98 Å². The summed E-state index contributed by atoms with van der Waals surface area (Å²) in [6, 6.07) is 12.5. The van der Waals surface area contributed by atoms with E-state index in [9.17, 15) is 10.1 Å². The van der Waals surface area contributed by atoms with E-state index in [0.29, 0.717) is 6.54 Å². The third-order valence-electron chi connectivity index (χ3n) is 4.45. The molecule has 1 aromatic carbocycles. The number of anilines is 1. The van der Waals surface area contributed by atoms with Gasteiger partial charge in [0.1, 0.15) is 5.82 Å². The third kappa shape index (κ3) is 5.78. The van der Waals surface area contributed by atoms with Crippen molar-refractivity contribution in [3.8, 4) is 0 Å². The minimum Gasteiger partial charge on any atom is -0.357 e. The molecule has 1 saturated heterocycles. The molecule has 1 fully saturated rings. The second-order valence-corrected chi connectivity index (χ2v) is 6.26. The number of benzene rings is 1. The number of guanidine groups is 1. The smallest absolute Gasteiger partial charge is 0.269 e. The van der Waals surface area contributed by atoms with Crippen molar-refractivity contribution in [2.24, 2.45) is 4.99 Å². The van der Waals surface area contributed by atoms with Crippen molar-refractivity contribution >= 4 is 41.4 Å². The Balaban J connectivity index is 0.00000280. The maximum Gasteiger partial charge on any atom is 0.269 e. The van der Waals surface area contributed by atoms with Crippen molar-refractivity contribution in [3.63, 3.8) is 0 Å². The maximum absolute atomic E-state index is 10.8. The summed E-state index contributed by atoms with van der Waals surface area (Å²) in [5, 5.41) is 14.1. The Labute approximate surface area is 181 Å². The monoisotopic (exact) mass is 496 g/mol. The first-order valence-corrected chi connectivity index (χ1v) is 9.10. The Hall–Kier alpha value is -2.43. The molecular weight excluding hydrogens is 471 g/mol. The first-order chi connectivity index (χ1) is 13.2. The zero-order valence-electron chi connectivity index (χ0n) is 15.8. The maximum atomic E-state index is 10.8. The van der Waals surface area contributed by atoms with Crippen molar-refractivity contribution in [3.05, 3.63) is 64.3 Å². The highest BCUT2D eigenvalue weighted by atomic mass is 127. The lowest BCUT2D eigenvalue weighted by molar-refractivity contribution is -0.384. The number of nitrogens with one attached hydrogen (secondary N) is 1. The van der Waals surface area contributed by atoms with Crippen molar-refractivity contribution in [2.45, 2.75) is 13.5 Å². The number of hydrogen-bond acceptors (Lipinski definition) is 5. The lowest BCUT2D eigenvalue weighted by Crippen LogP contribution is -2.52. The summed E-state index contributed by atoms with van der Waals surface area (Å²) in [5.41, 5.74) is 1.04. The normalized spacial score (nSPS) is 14.4. The van der Waals surface area contributed by atoms with Gasteiger partial charge in [-0.3, -0.25) is 10.1 Å². The summed E-state index contributed by atoms with van der Waals surface area (Å²) in [4.78, 5) is 24.0. The number of non-ortho nitro benzene ring substituents is 1. The highest BCUT2D eigenvalue weighted by molar-refractivity contribution is 14.0. The average Bonchev–Trinajstić information content (AvgIpc) is 2.72. The van der Waals surface area contributed by atoms with Crippen LogP contribution in [0.4, 0.5) is 11.5 Å². The van der Waals surface area contributed by atoms with E-state index in [-0.39, 0.29) is 29.7 Å². The van der Waals surface area contributed by atoms with Crippen LogP contribution in [0.2, 0.25) is 0 Å². The highest BCUT2D eigenvalue weighted by Crippen LogP contribution is 2.14. The van der Waals surface area contributed by atoms with Crippen molar-refractivity contribution in [2.75, 3.05) is 37.6 Å². The molecule has 8 nitrogen and oxygen atoms in total. The fourth-order valence-electron chi connectivity index (χ4n) is 3.00. The number of piperazine rings is 1. The summed E-state index contributed by atoms with van der Waals surface area (Å²) in [5.74, 6) is 1.88. The molecule has 2 heterocycles. The number of nitro benzene ring substituents is 1. The number of pyridine rings is 1. The van der Waals surface area contributed by atoms with E-state index < -0.39 is 4.92 Å². The quantitative estimate of drug-likeness (QED) is 0.225.